The number of nitrogens with zero attached hydrogens (tertiary/aromatic N) is 3. The molecule has 0 radical (unpaired) electrons. The van der Waals surface area contributed by atoms with E-state index in [-0.39, 0.29) is 11.2 Å². The van der Waals surface area contributed by atoms with Crippen molar-refractivity contribution in [2.24, 2.45) is 0 Å². The molecule has 11 heteroatoms. The summed E-state index contributed by atoms with van der Waals surface area (Å²) in [6.07, 6.45) is -1.42. The van der Waals surface area contributed by atoms with Crippen LogP contribution in [0.15, 0.2) is 47.3 Å². The quantitative estimate of drug-likeness (QED) is 0.352. The SMILES string of the molecule is CCOc1cc(-c2cccc(O[C@@H](OC)C(=O)O)c2)ccc1-c1nc2[nH]nnc2c(=O)[nH]1. The van der Waals surface area contributed by atoms with E-state index in [4.69, 9.17) is 19.3 Å². The van der Waals surface area contributed by atoms with E-state index in [1.165, 1.54) is 7.11 Å². The van der Waals surface area contributed by atoms with E-state index in [1.54, 1.807) is 30.3 Å². The van der Waals surface area contributed by atoms with Crippen LogP contribution in [-0.4, -0.2) is 56.5 Å². The summed E-state index contributed by atoms with van der Waals surface area (Å²) in [4.78, 5) is 30.5. The van der Waals surface area contributed by atoms with Crippen molar-refractivity contribution in [2.75, 3.05) is 13.7 Å². The molecule has 4 rings (SSSR count). The molecule has 0 bridgehead atoms. The Morgan fingerprint density at radius 3 is 2.75 bits per heavy atom. The lowest BCUT2D eigenvalue weighted by molar-refractivity contribution is -0.166. The summed E-state index contributed by atoms with van der Waals surface area (Å²) < 4.78 is 16.0. The first-order chi connectivity index (χ1) is 15.5. The monoisotopic (exact) mass is 437 g/mol. The summed E-state index contributed by atoms with van der Waals surface area (Å²) in [6.45, 7) is 2.24. The molecule has 2 heterocycles. The number of rotatable bonds is 8. The second-order valence-electron chi connectivity index (χ2n) is 6.62. The molecule has 0 saturated heterocycles. The number of carboxylic acid groups (broad SMARTS) is 1. The van der Waals surface area contributed by atoms with Crippen molar-refractivity contribution in [2.45, 2.75) is 13.2 Å². The smallest absolute Gasteiger partial charge is 0.373 e. The predicted octanol–water partition coefficient (Wildman–Crippen LogP) is 2.21. The Bertz CT molecular complexity index is 1330. The molecule has 32 heavy (non-hydrogen) atoms. The van der Waals surface area contributed by atoms with Gasteiger partial charge in [-0.3, -0.25) is 4.79 Å². The molecule has 0 amide bonds. The third kappa shape index (κ3) is 4.14. The topological polar surface area (TPSA) is 152 Å². The fourth-order valence-electron chi connectivity index (χ4n) is 3.13. The number of methoxy groups -OCH3 is 1. The summed E-state index contributed by atoms with van der Waals surface area (Å²) in [7, 11) is 1.25. The minimum Gasteiger partial charge on any atom is -0.493 e. The average molecular weight is 437 g/mol. The third-order valence-electron chi connectivity index (χ3n) is 4.56. The molecule has 164 valence electrons. The van der Waals surface area contributed by atoms with Gasteiger partial charge in [-0.05, 0) is 42.3 Å². The molecular weight excluding hydrogens is 418 g/mol. The Hall–Kier alpha value is -4.25. The van der Waals surface area contributed by atoms with Crippen LogP contribution in [0.25, 0.3) is 33.7 Å². The zero-order valence-corrected chi connectivity index (χ0v) is 17.2. The van der Waals surface area contributed by atoms with Crippen LogP contribution < -0.4 is 15.0 Å². The molecule has 4 aromatic rings. The molecule has 0 aliphatic heterocycles. The average Bonchev–Trinajstić information content (AvgIpc) is 3.27. The van der Waals surface area contributed by atoms with Crippen LogP contribution in [0.1, 0.15) is 6.92 Å². The zero-order valence-electron chi connectivity index (χ0n) is 17.2. The number of carboxylic acids is 1. The summed E-state index contributed by atoms with van der Waals surface area (Å²) in [5.74, 6) is -0.0783. The van der Waals surface area contributed by atoms with Crippen molar-refractivity contribution in [1.29, 1.82) is 0 Å². The zero-order chi connectivity index (χ0) is 22.7. The predicted molar refractivity (Wildman–Crippen MR) is 113 cm³/mol. The molecule has 1 atom stereocenters. The third-order valence-corrected chi connectivity index (χ3v) is 4.56. The lowest BCUT2D eigenvalue weighted by atomic mass is 10.0. The standard InChI is InChI=1S/C21H19N5O6/c1-3-31-15-10-12(11-5-4-6-13(9-11)32-21(30-2)20(28)29)7-8-14(15)17-22-18-16(19(27)23-17)24-26-25-18/h4-10,21H,3H2,1-2H3,(H,28,29)(H2,22,23,24,25,26,27)/t21-/m1/s1. The van der Waals surface area contributed by atoms with Crippen molar-refractivity contribution >= 4 is 17.1 Å². The molecule has 0 aliphatic carbocycles. The van der Waals surface area contributed by atoms with E-state index in [1.807, 2.05) is 19.1 Å². The Morgan fingerprint density at radius 2 is 2.00 bits per heavy atom. The number of aromatic nitrogens is 5. The Labute approximate surface area is 181 Å². The van der Waals surface area contributed by atoms with Crippen LogP contribution in [-0.2, 0) is 9.53 Å². The molecule has 0 unspecified atom stereocenters. The first-order valence-electron chi connectivity index (χ1n) is 9.61. The number of aromatic amines is 2. The van der Waals surface area contributed by atoms with E-state index in [2.05, 4.69) is 25.4 Å². The number of benzene rings is 2. The summed E-state index contributed by atoms with van der Waals surface area (Å²) in [5, 5.41) is 19.0. The molecule has 3 N–H and O–H groups in total. The Kier molecular flexibility index (Phi) is 5.81. The maximum Gasteiger partial charge on any atom is 0.373 e. The molecular formula is C21H19N5O6. The minimum atomic E-state index is -1.42. The summed E-state index contributed by atoms with van der Waals surface area (Å²) >= 11 is 0. The van der Waals surface area contributed by atoms with Gasteiger partial charge in [-0.1, -0.05) is 23.4 Å². The Morgan fingerprint density at radius 1 is 1.19 bits per heavy atom. The molecule has 0 fully saturated rings. The van der Waals surface area contributed by atoms with Gasteiger partial charge < -0.3 is 24.3 Å². The maximum absolute atomic E-state index is 12.3. The van der Waals surface area contributed by atoms with Gasteiger partial charge in [0.1, 0.15) is 17.3 Å². The first kappa shape index (κ1) is 21.0. The molecule has 2 aromatic carbocycles. The number of carbonyl (C=O) groups is 1. The number of nitrogens with one attached hydrogen (secondary N) is 2. The minimum absolute atomic E-state index is 0.121. The van der Waals surface area contributed by atoms with E-state index in [0.29, 0.717) is 29.5 Å². The number of hydrogen-bond donors (Lipinski definition) is 3. The fraction of sp³-hybridized carbons (Fsp3) is 0.190. The number of ether oxygens (including phenoxy) is 3. The first-order valence-corrected chi connectivity index (χ1v) is 9.61. The van der Waals surface area contributed by atoms with Crippen LogP contribution in [0.3, 0.4) is 0 Å². The number of hydrogen-bond acceptors (Lipinski definition) is 8. The summed E-state index contributed by atoms with van der Waals surface area (Å²) in [6, 6.07) is 12.3. The van der Waals surface area contributed by atoms with Crippen LogP contribution in [0.4, 0.5) is 0 Å². The van der Waals surface area contributed by atoms with Crippen molar-refractivity contribution in [3.63, 3.8) is 0 Å². The second kappa shape index (κ2) is 8.86. The number of H-pyrrole nitrogens is 2. The van der Waals surface area contributed by atoms with Gasteiger partial charge in [0.15, 0.2) is 11.2 Å². The molecule has 0 spiro atoms. The van der Waals surface area contributed by atoms with Crippen molar-refractivity contribution in [1.82, 2.24) is 25.4 Å². The highest BCUT2D eigenvalue weighted by molar-refractivity contribution is 5.77. The fourth-order valence-corrected chi connectivity index (χ4v) is 3.13. The lowest BCUT2D eigenvalue weighted by Crippen LogP contribution is -2.28. The highest BCUT2D eigenvalue weighted by atomic mass is 16.7. The summed E-state index contributed by atoms with van der Waals surface area (Å²) in [5.41, 5.74) is 2.12. The van der Waals surface area contributed by atoms with Gasteiger partial charge >= 0.3 is 5.97 Å². The van der Waals surface area contributed by atoms with E-state index < -0.39 is 17.8 Å². The maximum atomic E-state index is 12.3. The van der Waals surface area contributed by atoms with E-state index in [9.17, 15) is 9.59 Å². The number of fused-ring (bicyclic) bond motifs is 1. The molecule has 0 saturated carbocycles. The highest BCUT2D eigenvalue weighted by Gasteiger charge is 2.19. The van der Waals surface area contributed by atoms with Gasteiger partial charge in [-0.2, -0.15) is 0 Å². The van der Waals surface area contributed by atoms with Gasteiger partial charge in [0, 0.05) is 7.11 Å². The van der Waals surface area contributed by atoms with Crippen LogP contribution in [0, 0.1) is 0 Å². The number of aliphatic carboxylic acids is 1. The Balaban J connectivity index is 1.72. The van der Waals surface area contributed by atoms with E-state index >= 15 is 0 Å². The van der Waals surface area contributed by atoms with Gasteiger partial charge in [-0.25, -0.2) is 14.9 Å². The van der Waals surface area contributed by atoms with Crippen molar-refractivity contribution in [3.8, 4) is 34.0 Å². The highest BCUT2D eigenvalue weighted by Crippen LogP contribution is 2.34. The van der Waals surface area contributed by atoms with Crippen LogP contribution in [0.5, 0.6) is 11.5 Å². The van der Waals surface area contributed by atoms with Crippen molar-refractivity contribution < 1.29 is 24.1 Å². The van der Waals surface area contributed by atoms with Crippen LogP contribution >= 0.6 is 0 Å². The molecule has 2 aromatic heterocycles. The second-order valence-corrected chi connectivity index (χ2v) is 6.62. The van der Waals surface area contributed by atoms with E-state index in [0.717, 1.165) is 11.1 Å². The normalized spacial score (nSPS) is 11.9. The largest absolute Gasteiger partial charge is 0.493 e. The van der Waals surface area contributed by atoms with Gasteiger partial charge in [0.2, 0.25) is 0 Å². The van der Waals surface area contributed by atoms with Gasteiger partial charge in [-0.15, -0.1) is 5.10 Å². The van der Waals surface area contributed by atoms with Gasteiger partial charge in [0.05, 0.1) is 12.2 Å². The lowest BCUT2D eigenvalue weighted by Gasteiger charge is -2.15. The molecule has 0 aliphatic rings. The molecule has 11 nitrogen and oxygen atoms in total. The van der Waals surface area contributed by atoms with Crippen LogP contribution in [0.2, 0.25) is 0 Å². The van der Waals surface area contributed by atoms with Crippen molar-refractivity contribution in [3.05, 3.63) is 52.8 Å². The van der Waals surface area contributed by atoms with Gasteiger partial charge in [0.25, 0.3) is 11.8 Å².